The van der Waals surface area contributed by atoms with Crippen LogP contribution in [0.15, 0.2) is 24.3 Å². The predicted molar refractivity (Wildman–Crippen MR) is 93.0 cm³/mol. The molecule has 1 rings (SSSR count). The highest BCUT2D eigenvalue weighted by molar-refractivity contribution is 7.86. The molecule has 0 aliphatic carbocycles. The van der Waals surface area contributed by atoms with Crippen LogP contribution in [0.2, 0.25) is 0 Å². The van der Waals surface area contributed by atoms with Crippen LogP contribution in [0.3, 0.4) is 0 Å². The van der Waals surface area contributed by atoms with Crippen LogP contribution in [0.25, 0.3) is 0 Å². The second-order valence-electron chi connectivity index (χ2n) is 5.51. The van der Waals surface area contributed by atoms with Gasteiger partial charge in [0.05, 0.1) is 19.3 Å². The van der Waals surface area contributed by atoms with Gasteiger partial charge in [0.1, 0.15) is 12.0 Å². The Morgan fingerprint density at radius 2 is 1.92 bits per heavy atom. The second-order valence-corrected chi connectivity index (χ2v) is 7.37. The van der Waals surface area contributed by atoms with Crippen LogP contribution in [-0.2, 0) is 35.0 Å². The molecule has 1 N–H and O–H groups in total. The molecule has 0 amide bonds. The number of aldehydes is 1. The van der Waals surface area contributed by atoms with Crippen LogP contribution in [0.5, 0.6) is 5.75 Å². The first-order valence-electron chi connectivity index (χ1n) is 8.12. The van der Waals surface area contributed by atoms with Gasteiger partial charge < -0.3 is 19.4 Å². The minimum absolute atomic E-state index is 0.159. The summed E-state index contributed by atoms with van der Waals surface area (Å²) in [6.07, 6.45) is -0.0474. The van der Waals surface area contributed by atoms with E-state index in [0.29, 0.717) is 13.0 Å². The lowest BCUT2D eigenvalue weighted by Crippen LogP contribution is -2.26. The summed E-state index contributed by atoms with van der Waals surface area (Å²) in [5.41, 5.74) is 0.831. The van der Waals surface area contributed by atoms with E-state index in [4.69, 9.17) is 9.47 Å². The molecule has 146 valence electrons. The summed E-state index contributed by atoms with van der Waals surface area (Å²) < 4.78 is 36.8. The third-order valence-electron chi connectivity index (χ3n) is 3.60. The van der Waals surface area contributed by atoms with Crippen molar-refractivity contribution < 1.29 is 36.8 Å². The van der Waals surface area contributed by atoms with E-state index >= 15 is 0 Å². The maximum atomic E-state index is 11.7. The van der Waals surface area contributed by atoms with Crippen LogP contribution in [0.1, 0.15) is 25.3 Å². The van der Waals surface area contributed by atoms with Gasteiger partial charge in [-0.05, 0) is 31.0 Å². The largest absolute Gasteiger partial charge is 0.427 e. The second kappa shape index (κ2) is 11.0. The SMILES string of the molecule is CCOC(O)C(CC=O)Cc1ccc(OC(=O)CCS(=O)(=O)OC)cc1. The Labute approximate surface area is 153 Å². The number of hydrogen-bond donors (Lipinski definition) is 1. The maximum Gasteiger partial charge on any atom is 0.312 e. The molecule has 9 heteroatoms. The van der Waals surface area contributed by atoms with Crippen molar-refractivity contribution in [1.29, 1.82) is 0 Å². The third kappa shape index (κ3) is 8.05. The highest BCUT2D eigenvalue weighted by Gasteiger charge is 2.20. The maximum absolute atomic E-state index is 11.7. The molecule has 0 spiro atoms. The smallest absolute Gasteiger partial charge is 0.312 e. The van der Waals surface area contributed by atoms with Crippen molar-refractivity contribution in [2.75, 3.05) is 19.5 Å². The number of aliphatic hydroxyl groups excluding tert-OH is 1. The lowest BCUT2D eigenvalue weighted by Gasteiger charge is -2.20. The fourth-order valence-electron chi connectivity index (χ4n) is 2.20. The van der Waals surface area contributed by atoms with Gasteiger partial charge in [0.15, 0.2) is 6.29 Å². The van der Waals surface area contributed by atoms with Gasteiger partial charge in [-0.2, -0.15) is 8.42 Å². The number of ether oxygens (including phenoxy) is 2. The summed E-state index contributed by atoms with van der Waals surface area (Å²) in [6.45, 7) is 2.09. The molecule has 0 saturated carbocycles. The summed E-state index contributed by atoms with van der Waals surface area (Å²) in [7, 11) is -2.68. The first kappa shape index (κ1) is 22.2. The van der Waals surface area contributed by atoms with Crippen molar-refractivity contribution in [3.05, 3.63) is 29.8 Å². The van der Waals surface area contributed by atoms with Gasteiger partial charge in [-0.1, -0.05) is 12.1 Å². The Morgan fingerprint density at radius 1 is 1.27 bits per heavy atom. The normalized spacial score (nSPS) is 13.8. The van der Waals surface area contributed by atoms with Gasteiger partial charge in [-0.25, -0.2) is 0 Å². The standard InChI is InChI=1S/C17H24O8S/c1-3-24-17(20)14(8-10-18)12-13-4-6-15(7-5-13)25-16(19)9-11-26(21,22)23-2/h4-7,10,14,17,20H,3,8-9,11-12H2,1-2H3. The molecular formula is C17H24O8S. The molecule has 1 aromatic carbocycles. The van der Waals surface area contributed by atoms with Crippen molar-refractivity contribution >= 4 is 22.4 Å². The fourth-order valence-corrected chi connectivity index (χ4v) is 2.78. The summed E-state index contributed by atoms with van der Waals surface area (Å²) >= 11 is 0. The molecule has 1 aromatic rings. The topological polar surface area (TPSA) is 116 Å². The molecular weight excluding hydrogens is 364 g/mol. The van der Waals surface area contributed by atoms with Crippen molar-refractivity contribution in [1.82, 2.24) is 0 Å². The number of esters is 1. The van der Waals surface area contributed by atoms with Gasteiger partial charge >= 0.3 is 5.97 Å². The van der Waals surface area contributed by atoms with E-state index in [-0.39, 0.29) is 24.5 Å². The quantitative estimate of drug-likeness (QED) is 0.186. The highest BCUT2D eigenvalue weighted by atomic mass is 32.2. The minimum Gasteiger partial charge on any atom is -0.427 e. The van der Waals surface area contributed by atoms with Crippen LogP contribution >= 0.6 is 0 Å². The molecule has 0 aliphatic heterocycles. The lowest BCUT2D eigenvalue weighted by atomic mass is 9.96. The molecule has 0 fully saturated rings. The Kier molecular flexibility index (Phi) is 9.42. The number of carbonyl (C=O) groups is 2. The Bertz CT molecular complexity index is 669. The van der Waals surface area contributed by atoms with E-state index in [9.17, 15) is 23.1 Å². The number of benzene rings is 1. The molecule has 0 heterocycles. The van der Waals surface area contributed by atoms with Gasteiger partial charge in [-0.15, -0.1) is 0 Å². The Hall–Kier alpha value is -1.81. The first-order valence-corrected chi connectivity index (χ1v) is 9.70. The zero-order valence-electron chi connectivity index (χ0n) is 14.8. The average Bonchev–Trinajstić information content (AvgIpc) is 2.61. The van der Waals surface area contributed by atoms with Crippen LogP contribution in [-0.4, -0.2) is 51.5 Å². The van der Waals surface area contributed by atoms with Crippen LogP contribution in [0, 0.1) is 5.92 Å². The minimum atomic E-state index is -3.71. The summed E-state index contributed by atoms with van der Waals surface area (Å²) in [6, 6.07) is 6.52. The molecule has 2 atom stereocenters. The number of carbonyl (C=O) groups excluding carboxylic acids is 2. The van der Waals surface area contributed by atoms with E-state index in [2.05, 4.69) is 4.18 Å². The molecule has 8 nitrogen and oxygen atoms in total. The predicted octanol–water partition coefficient (Wildman–Crippen LogP) is 1.06. The zero-order valence-corrected chi connectivity index (χ0v) is 15.6. The number of aliphatic hydroxyl groups is 1. The van der Waals surface area contributed by atoms with E-state index in [1.165, 1.54) is 0 Å². The molecule has 0 saturated heterocycles. The van der Waals surface area contributed by atoms with Crippen molar-refractivity contribution in [2.24, 2.45) is 5.92 Å². The molecule has 0 radical (unpaired) electrons. The van der Waals surface area contributed by atoms with E-state index in [1.54, 1.807) is 31.2 Å². The first-order chi connectivity index (χ1) is 12.3. The van der Waals surface area contributed by atoms with E-state index < -0.39 is 28.1 Å². The molecule has 0 bridgehead atoms. The lowest BCUT2D eigenvalue weighted by molar-refractivity contribution is -0.136. The fraction of sp³-hybridized carbons (Fsp3) is 0.529. The molecule has 2 unspecified atom stereocenters. The van der Waals surface area contributed by atoms with Crippen LogP contribution < -0.4 is 4.74 Å². The van der Waals surface area contributed by atoms with Crippen molar-refractivity contribution in [3.63, 3.8) is 0 Å². The monoisotopic (exact) mass is 388 g/mol. The van der Waals surface area contributed by atoms with E-state index in [1.807, 2.05) is 0 Å². The van der Waals surface area contributed by atoms with Crippen molar-refractivity contribution in [3.8, 4) is 5.75 Å². The highest BCUT2D eigenvalue weighted by Crippen LogP contribution is 2.19. The number of hydrogen-bond acceptors (Lipinski definition) is 8. The summed E-state index contributed by atoms with van der Waals surface area (Å²) in [5, 5.41) is 9.91. The molecule has 26 heavy (non-hydrogen) atoms. The van der Waals surface area contributed by atoms with Crippen molar-refractivity contribution in [2.45, 2.75) is 32.5 Å². The third-order valence-corrected chi connectivity index (χ3v) is 4.81. The van der Waals surface area contributed by atoms with Gasteiger partial charge in [0.25, 0.3) is 10.1 Å². The summed E-state index contributed by atoms with van der Waals surface area (Å²) in [4.78, 5) is 22.4. The van der Waals surface area contributed by atoms with Crippen LogP contribution in [0.4, 0.5) is 0 Å². The molecule has 0 aliphatic rings. The zero-order chi connectivity index (χ0) is 19.6. The Morgan fingerprint density at radius 3 is 2.46 bits per heavy atom. The average molecular weight is 388 g/mol. The summed E-state index contributed by atoms with van der Waals surface area (Å²) in [5.74, 6) is -1.25. The molecule has 0 aromatic heterocycles. The number of rotatable bonds is 12. The van der Waals surface area contributed by atoms with Gasteiger partial charge in [0, 0.05) is 18.9 Å². The van der Waals surface area contributed by atoms with Gasteiger partial charge in [-0.3, -0.25) is 8.98 Å². The Balaban J connectivity index is 2.61. The van der Waals surface area contributed by atoms with E-state index in [0.717, 1.165) is 19.0 Å². The van der Waals surface area contributed by atoms with Gasteiger partial charge in [0.2, 0.25) is 0 Å².